The van der Waals surface area contributed by atoms with Gasteiger partial charge in [-0.1, -0.05) is 29.8 Å². The van der Waals surface area contributed by atoms with Gasteiger partial charge in [-0.2, -0.15) is 0 Å². The highest BCUT2D eigenvalue weighted by atomic mass is 16.3. The van der Waals surface area contributed by atoms with E-state index < -0.39 is 5.60 Å². The van der Waals surface area contributed by atoms with E-state index >= 15 is 0 Å². The molecule has 1 aliphatic carbocycles. The molecule has 0 spiro atoms. The lowest BCUT2D eigenvalue weighted by Crippen LogP contribution is -2.42. The Kier molecular flexibility index (Phi) is 4.21. The number of fused-ring (bicyclic) bond motifs is 1. The van der Waals surface area contributed by atoms with E-state index in [4.69, 9.17) is 5.73 Å². The van der Waals surface area contributed by atoms with Crippen molar-refractivity contribution in [3.63, 3.8) is 0 Å². The normalized spacial score (nSPS) is 29.5. The molecule has 132 valence electrons. The lowest BCUT2D eigenvalue weighted by molar-refractivity contribution is -0.0648. The van der Waals surface area contributed by atoms with Crippen LogP contribution in [0.4, 0.5) is 5.95 Å². The van der Waals surface area contributed by atoms with Crippen molar-refractivity contribution in [3.05, 3.63) is 53.3 Å². The second kappa shape index (κ2) is 6.39. The van der Waals surface area contributed by atoms with Crippen molar-refractivity contribution in [2.24, 2.45) is 11.8 Å². The molecule has 0 unspecified atom stereocenters. The van der Waals surface area contributed by atoms with Crippen LogP contribution in [0.1, 0.15) is 36.0 Å². The quantitative estimate of drug-likeness (QED) is 0.899. The minimum atomic E-state index is -0.705. The molecule has 3 atom stereocenters. The van der Waals surface area contributed by atoms with Gasteiger partial charge in [-0.25, -0.2) is 9.97 Å². The summed E-state index contributed by atoms with van der Waals surface area (Å²) >= 11 is 0. The van der Waals surface area contributed by atoms with Gasteiger partial charge in [0, 0.05) is 43.5 Å². The molecule has 3 N–H and O–H groups in total. The van der Waals surface area contributed by atoms with Gasteiger partial charge in [-0.05, 0) is 37.7 Å². The van der Waals surface area contributed by atoms with Gasteiger partial charge in [-0.3, -0.25) is 4.90 Å². The van der Waals surface area contributed by atoms with Gasteiger partial charge < -0.3 is 10.8 Å². The third-order valence-electron chi connectivity index (χ3n) is 5.95. The molecular weight excluding hydrogens is 312 g/mol. The number of hydrogen-bond acceptors (Lipinski definition) is 5. The number of nitrogens with zero attached hydrogens (tertiary/aromatic N) is 3. The zero-order valence-electron chi connectivity index (χ0n) is 14.7. The summed E-state index contributed by atoms with van der Waals surface area (Å²) in [5.74, 6) is 1.15. The molecule has 4 rings (SSSR count). The van der Waals surface area contributed by atoms with Gasteiger partial charge in [0.05, 0.1) is 5.60 Å². The van der Waals surface area contributed by atoms with Gasteiger partial charge >= 0.3 is 0 Å². The molecule has 0 radical (unpaired) electrons. The number of rotatable bonds is 3. The van der Waals surface area contributed by atoms with Crippen molar-refractivity contribution in [3.8, 4) is 0 Å². The SMILES string of the molecule is Cc1ccc([C@]2(O)CCC[C@H]3CN(Cc4cnc(N)nc4)C[C@@H]32)cc1. The van der Waals surface area contributed by atoms with Crippen LogP contribution in [-0.4, -0.2) is 33.1 Å². The lowest BCUT2D eigenvalue weighted by Gasteiger charge is -2.41. The average Bonchev–Trinajstić information content (AvgIpc) is 3.02. The van der Waals surface area contributed by atoms with Crippen LogP contribution in [0.2, 0.25) is 0 Å². The Morgan fingerprint density at radius 2 is 1.92 bits per heavy atom. The van der Waals surface area contributed by atoms with E-state index in [-0.39, 0.29) is 0 Å². The first kappa shape index (κ1) is 16.5. The fourth-order valence-electron chi connectivity index (χ4n) is 4.65. The first-order valence-corrected chi connectivity index (χ1v) is 9.13. The maximum Gasteiger partial charge on any atom is 0.219 e. The Bertz CT molecular complexity index is 730. The van der Waals surface area contributed by atoms with E-state index in [1.54, 1.807) is 12.4 Å². The number of benzene rings is 1. The summed E-state index contributed by atoms with van der Waals surface area (Å²) in [4.78, 5) is 10.6. The Labute approximate surface area is 148 Å². The summed E-state index contributed by atoms with van der Waals surface area (Å²) < 4.78 is 0. The third kappa shape index (κ3) is 3.14. The molecule has 1 aliphatic heterocycles. The van der Waals surface area contributed by atoms with Crippen LogP contribution in [0.25, 0.3) is 0 Å². The number of nitrogens with two attached hydrogens (primary N) is 1. The van der Waals surface area contributed by atoms with E-state index in [1.165, 1.54) is 12.0 Å². The van der Waals surface area contributed by atoms with Gasteiger partial charge in [0.25, 0.3) is 0 Å². The predicted molar refractivity (Wildman–Crippen MR) is 97.6 cm³/mol. The summed E-state index contributed by atoms with van der Waals surface area (Å²) in [6.07, 6.45) is 6.75. The maximum atomic E-state index is 11.6. The van der Waals surface area contributed by atoms with Gasteiger partial charge in [-0.15, -0.1) is 0 Å². The van der Waals surface area contributed by atoms with Gasteiger partial charge in [0.2, 0.25) is 5.95 Å². The van der Waals surface area contributed by atoms with Crippen LogP contribution < -0.4 is 5.73 Å². The number of anilines is 1. The molecule has 0 amide bonds. The predicted octanol–water partition coefficient (Wildman–Crippen LogP) is 2.49. The fourth-order valence-corrected chi connectivity index (χ4v) is 4.65. The van der Waals surface area contributed by atoms with Crippen molar-refractivity contribution in [1.29, 1.82) is 0 Å². The highest BCUT2D eigenvalue weighted by molar-refractivity contribution is 5.29. The average molecular weight is 338 g/mol. The molecular formula is C20H26N4O. The maximum absolute atomic E-state index is 11.6. The van der Waals surface area contributed by atoms with E-state index in [2.05, 4.69) is 46.1 Å². The smallest absolute Gasteiger partial charge is 0.219 e. The monoisotopic (exact) mass is 338 g/mol. The summed E-state index contributed by atoms with van der Waals surface area (Å²) in [6.45, 7) is 4.85. The van der Waals surface area contributed by atoms with Crippen LogP contribution in [0.5, 0.6) is 0 Å². The number of hydrogen-bond donors (Lipinski definition) is 2. The summed E-state index contributed by atoms with van der Waals surface area (Å²) in [5.41, 5.74) is 8.25. The molecule has 5 heteroatoms. The van der Waals surface area contributed by atoms with E-state index in [1.807, 2.05) is 0 Å². The van der Waals surface area contributed by atoms with Crippen molar-refractivity contribution in [1.82, 2.24) is 14.9 Å². The molecule has 1 saturated heterocycles. The summed E-state index contributed by atoms with van der Waals surface area (Å²) in [5, 5.41) is 11.6. The first-order valence-electron chi connectivity index (χ1n) is 9.13. The Morgan fingerprint density at radius 1 is 1.20 bits per heavy atom. The largest absolute Gasteiger partial charge is 0.385 e. The third-order valence-corrected chi connectivity index (χ3v) is 5.95. The minimum Gasteiger partial charge on any atom is -0.385 e. The summed E-state index contributed by atoms with van der Waals surface area (Å²) in [7, 11) is 0. The van der Waals surface area contributed by atoms with Gasteiger partial charge in [0.15, 0.2) is 0 Å². The van der Waals surface area contributed by atoms with E-state index in [0.717, 1.165) is 43.6 Å². The number of likely N-dealkylation sites (tertiary alicyclic amines) is 1. The second-order valence-corrected chi connectivity index (χ2v) is 7.69. The van der Waals surface area contributed by atoms with Crippen LogP contribution in [-0.2, 0) is 12.1 Å². The molecule has 0 bridgehead atoms. The van der Waals surface area contributed by atoms with Crippen LogP contribution in [0, 0.1) is 18.8 Å². The fraction of sp³-hybridized carbons (Fsp3) is 0.500. The lowest BCUT2D eigenvalue weighted by atomic mass is 9.67. The van der Waals surface area contributed by atoms with Gasteiger partial charge in [0.1, 0.15) is 0 Å². The standard InChI is InChI=1S/C20H26N4O/c1-14-4-6-17(7-5-14)20(25)8-2-3-16-12-24(13-18(16)20)11-15-9-22-19(21)23-10-15/h4-7,9-10,16,18,25H,2-3,8,11-13H2,1H3,(H2,21,22,23)/t16-,18-,20+/m0/s1. The Morgan fingerprint density at radius 3 is 2.64 bits per heavy atom. The zero-order valence-corrected chi connectivity index (χ0v) is 14.7. The van der Waals surface area contributed by atoms with E-state index in [0.29, 0.717) is 17.8 Å². The van der Waals surface area contributed by atoms with Crippen LogP contribution >= 0.6 is 0 Å². The second-order valence-electron chi connectivity index (χ2n) is 7.69. The highest BCUT2D eigenvalue weighted by Gasteiger charge is 2.49. The molecule has 2 aliphatic rings. The van der Waals surface area contributed by atoms with E-state index in [9.17, 15) is 5.11 Å². The Balaban J connectivity index is 1.53. The number of aryl methyl sites for hydroxylation is 1. The molecule has 25 heavy (non-hydrogen) atoms. The van der Waals surface area contributed by atoms with Crippen molar-refractivity contribution < 1.29 is 5.11 Å². The molecule has 2 heterocycles. The minimum absolute atomic E-state index is 0.290. The van der Waals surface area contributed by atoms with Crippen molar-refractivity contribution in [2.45, 2.75) is 38.3 Å². The molecule has 5 nitrogen and oxygen atoms in total. The molecule has 1 aromatic heterocycles. The zero-order chi connectivity index (χ0) is 17.4. The molecule has 1 aromatic carbocycles. The van der Waals surface area contributed by atoms with Crippen LogP contribution in [0.15, 0.2) is 36.7 Å². The number of aliphatic hydroxyl groups is 1. The Hall–Kier alpha value is -1.98. The number of nitrogen functional groups attached to an aromatic ring is 1. The molecule has 2 aromatic rings. The molecule has 2 fully saturated rings. The van der Waals surface area contributed by atoms with Crippen molar-refractivity contribution >= 4 is 5.95 Å². The van der Waals surface area contributed by atoms with Crippen molar-refractivity contribution in [2.75, 3.05) is 18.8 Å². The highest BCUT2D eigenvalue weighted by Crippen LogP contribution is 2.48. The summed E-state index contributed by atoms with van der Waals surface area (Å²) in [6, 6.07) is 8.42. The topological polar surface area (TPSA) is 75.3 Å². The van der Waals surface area contributed by atoms with Crippen LogP contribution in [0.3, 0.4) is 0 Å². The first-order chi connectivity index (χ1) is 12.0. The molecule has 1 saturated carbocycles. The number of aromatic nitrogens is 2.